The number of halogens is 1. The molecule has 6 nitrogen and oxygen atoms in total. The lowest BCUT2D eigenvalue weighted by Gasteiger charge is -2.28. The summed E-state index contributed by atoms with van der Waals surface area (Å²) in [7, 11) is 1.59. The molecule has 0 bridgehead atoms. The molecule has 7 heteroatoms. The summed E-state index contributed by atoms with van der Waals surface area (Å²) in [4.78, 5) is 26.0. The summed E-state index contributed by atoms with van der Waals surface area (Å²) in [6, 6.07) is 15.9. The van der Waals surface area contributed by atoms with E-state index in [9.17, 15) is 9.59 Å². The summed E-state index contributed by atoms with van der Waals surface area (Å²) in [6.45, 7) is -0.386. The van der Waals surface area contributed by atoms with Gasteiger partial charge < -0.3 is 14.2 Å². The molecule has 1 heterocycles. The number of anilines is 1. The van der Waals surface area contributed by atoms with Crippen molar-refractivity contribution in [2.24, 2.45) is 0 Å². The van der Waals surface area contributed by atoms with Crippen molar-refractivity contribution < 1.29 is 23.8 Å². The minimum absolute atomic E-state index is 0.141. The van der Waals surface area contributed by atoms with Crippen molar-refractivity contribution in [3.63, 3.8) is 0 Å². The van der Waals surface area contributed by atoms with Gasteiger partial charge in [-0.05, 0) is 53.2 Å². The molecular formula is C21H16ClNO5. The second-order valence-corrected chi connectivity index (χ2v) is 6.67. The van der Waals surface area contributed by atoms with Gasteiger partial charge in [0, 0.05) is 5.02 Å². The third-order valence-corrected chi connectivity index (χ3v) is 4.64. The van der Waals surface area contributed by atoms with Gasteiger partial charge in [0.15, 0.2) is 6.61 Å². The van der Waals surface area contributed by atoms with Crippen LogP contribution in [0, 0.1) is 0 Å². The molecule has 0 unspecified atom stereocenters. The highest BCUT2D eigenvalue weighted by Gasteiger charge is 2.28. The Morgan fingerprint density at radius 2 is 1.82 bits per heavy atom. The van der Waals surface area contributed by atoms with Gasteiger partial charge in [0.1, 0.15) is 23.8 Å². The first-order valence-electron chi connectivity index (χ1n) is 8.55. The second-order valence-electron chi connectivity index (χ2n) is 6.23. The largest absolute Gasteiger partial charge is 0.497 e. The van der Waals surface area contributed by atoms with Crippen LogP contribution in [-0.2, 0) is 9.59 Å². The van der Waals surface area contributed by atoms with E-state index < -0.39 is 5.97 Å². The lowest BCUT2D eigenvalue weighted by atomic mass is 10.1. The molecule has 1 amide bonds. The molecule has 0 saturated carbocycles. The van der Waals surface area contributed by atoms with Crippen LogP contribution in [0.1, 0.15) is 0 Å². The number of fused-ring (bicyclic) bond motifs is 2. The Balaban J connectivity index is 1.54. The molecule has 28 heavy (non-hydrogen) atoms. The Morgan fingerprint density at radius 1 is 1.07 bits per heavy atom. The molecule has 4 rings (SSSR count). The van der Waals surface area contributed by atoms with Crippen LogP contribution < -0.4 is 19.1 Å². The van der Waals surface area contributed by atoms with E-state index in [1.807, 2.05) is 24.3 Å². The first-order valence-corrected chi connectivity index (χ1v) is 8.92. The second kappa shape index (κ2) is 7.40. The number of hydrogen-bond acceptors (Lipinski definition) is 5. The number of amides is 1. The zero-order valence-corrected chi connectivity index (χ0v) is 15.7. The number of rotatable bonds is 4. The van der Waals surface area contributed by atoms with E-state index in [2.05, 4.69) is 0 Å². The third-order valence-electron chi connectivity index (χ3n) is 4.40. The molecule has 1 aliphatic rings. The number of methoxy groups -OCH3 is 1. The summed E-state index contributed by atoms with van der Waals surface area (Å²) >= 11 is 6.02. The summed E-state index contributed by atoms with van der Waals surface area (Å²) in [5.41, 5.74) is 0.448. The molecule has 142 valence electrons. The van der Waals surface area contributed by atoms with E-state index in [0.29, 0.717) is 28.0 Å². The van der Waals surface area contributed by atoms with E-state index in [1.165, 1.54) is 4.90 Å². The van der Waals surface area contributed by atoms with E-state index in [0.717, 1.165) is 10.8 Å². The van der Waals surface area contributed by atoms with Gasteiger partial charge in [0.05, 0.1) is 12.8 Å². The molecule has 0 aromatic heterocycles. The quantitative estimate of drug-likeness (QED) is 0.494. The van der Waals surface area contributed by atoms with Gasteiger partial charge in [0.2, 0.25) is 0 Å². The van der Waals surface area contributed by atoms with Crippen molar-refractivity contribution >= 4 is 39.9 Å². The fourth-order valence-corrected chi connectivity index (χ4v) is 3.20. The van der Waals surface area contributed by atoms with Crippen molar-refractivity contribution in [2.75, 3.05) is 25.2 Å². The van der Waals surface area contributed by atoms with Gasteiger partial charge in [0.25, 0.3) is 5.91 Å². The number of esters is 1. The highest BCUT2D eigenvalue weighted by molar-refractivity contribution is 6.31. The number of benzene rings is 3. The summed E-state index contributed by atoms with van der Waals surface area (Å²) in [5.74, 6) is 0.689. The highest BCUT2D eigenvalue weighted by atomic mass is 35.5. The van der Waals surface area contributed by atoms with Crippen LogP contribution >= 0.6 is 11.6 Å². The van der Waals surface area contributed by atoms with Crippen LogP contribution in [0.15, 0.2) is 54.6 Å². The van der Waals surface area contributed by atoms with Gasteiger partial charge in [-0.3, -0.25) is 9.69 Å². The molecule has 1 aliphatic heterocycles. The van der Waals surface area contributed by atoms with Gasteiger partial charge >= 0.3 is 5.97 Å². The lowest BCUT2D eigenvalue weighted by Crippen LogP contribution is -2.43. The maximum absolute atomic E-state index is 12.5. The molecule has 0 spiro atoms. The Hall–Kier alpha value is -3.25. The van der Waals surface area contributed by atoms with Gasteiger partial charge in [-0.15, -0.1) is 0 Å². The predicted molar refractivity (Wildman–Crippen MR) is 105 cm³/mol. The number of nitrogens with zero attached hydrogens (tertiary/aromatic N) is 1. The smallest absolute Gasteiger partial charge is 0.331 e. The van der Waals surface area contributed by atoms with Crippen LogP contribution in [-0.4, -0.2) is 32.1 Å². The summed E-state index contributed by atoms with van der Waals surface area (Å²) in [5, 5.41) is 2.32. The normalized spacial score (nSPS) is 13.1. The Bertz CT molecular complexity index is 1080. The highest BCUT2D eigenvalue weighted by Crippen LogP contribution is 2.34. The number of ether oxygens (including phenoxy) is 3. The molecule has 0 saturated heterocycles. The van der Waals surface area contributed by atoms with Crippen molar-refractivity contribution in [3.05, 3.63) is 59.6 Å². The Kier molecular flexibility index (Phi) is 4.79. The van der Waals surface area contributed by atoms with Crippen LogP contribution in [0.25, 0.3) is 10.8 Å². The first kappa shape index (κ1) is 18.1. The Labute approximate surface area is 166 Å². The van der Waals surface area contributed by atoms with E-state index >= 15 is 0 Å². The molecule has 0 fully saturated rings. The zero-order chi connectivity index (χ0) is 19.7. The first-order chi connectivity index (χ1) is 13.5. The molecular weight excluding hydrogens is 382 g/mol. The van der Waals surface area contributed by atoms with Crippen molar-refractivity contribution in [1.82, 2.24) is 0 Å². The summed E-state index contributed by atoms with van der Waals surface area (Å²) in [6.07, 6.45) is 0. The molecule has 0 N–H and O–H groups in total. The van der Waals surface area contributed by atoms with Gasteiger partial charge in [-0.2, -0.15) is 0 Å². The van der Waals surface area contributed by atoms with E-state index in [-0.39, 0.29) is 19.1 Å². The van der Waals surface area contributed by atoms with Crippen molar-refractivity contribution in [2.45, 2.75) is 0 Å². The van der Waals surface area contributed by atoms with Gasteiger partial charge in [-0.25, -0.2) is 4.79 Å². The minimum atomic E-state index is -0.566. The number of carbonyl (C=O) groups excluding carboxylic acids is 2. The topological polar surface area (TPSA) is 65.1 Å². The fraction of sp³-hybridized carbons (Fsp3) is 0.143. The molecule has 3 aromatic carbocycles. The monoisotopic (exact) mass is 397 g/mol. The maximum Gasteiger partial charge on any atom is 0.331 e. The van der Waals surface area contributed by atoms with Crippen LogP contribution in [0.3, 0.4) is 0 Å². The van der Waals surface area contributed by atoms with Crippen LogP contribution in [0.5, 0.6) is 17.2 Å². The van der Waals surface area contributed by atoms with Gasteiger partial charge in [-0.1, -0.05) is 23.7 Å². The Morgan fingerprint density at radius 3 is 2.61 bits per heavy atom. The van der Waals surface area contributed by atoms with E-state index in [1.54, 1.807) is 37.4 Å². The zero-order valence-electron chi connectivity index (χ0n) is 15.0. The SMILES string of the molecule is COc1ccc2ccc(OC(=O)CN3C(=O)COc4ccc(Cl)cc43)cc2c1. The lowest BCUT2D eigenvalue weighted by molar-refractivity contribution is -0.134. The third kappa shape index (κ3) is 3.59. The van der Waals surface area contributed by atoms with Crippen molar-refractivity contribution in [1.29, 1.82) is 0 Å². The predicted octanol–water partition coefficient (Wildman–Crippen LogP) is 3.83. The average molecular weight is 398 g/mol. The standard InChI is InChI=1S/C21H16ClNO5/c1-26-16-5-2-13-3-6-17(9-14(13)8-16)28-21(25)11-23-18-10-15(22)4-7-19(18)27-12-20(23)24/h2-10H,11-12H2,1H3. The van der Waals surface area contributed by atoms with Crippen LogP contribution in [0.2, 0.25) is 5.02 Å². The molecule has 3 aromatic rings. The molecule has 0 aliphatic carbocycles. The summed E-state index contributed by atoms with van der Waals surface area (Å²) < 4.78 is 16.0. The molecule has 0 radical (unpaired) electrons. The van der Waals surface area contributed by atoms with Crippen molar-refractivity contribution in [3.8, 4) is 17.2 Å². The van der Waals surface area contributed by atoms with Crippen LogP contribution in [0.4, 0.5) is 5.69 Å². The average Bonchev–Trinajstić information content (AvgIpc) is 2.69. The minimum Gasteiger partial charge on any atom is -0.497 e. The molecule has 0 atom stereocenters. The maximum atomic E-state index is 12.5. The number of hydrogen-bond donors (Lipinski definition) is 0. The fourth-order valence-electron chi connectivity index (χ4n) is 3.03. The number of carbonyl (C=O) groups is 2. The van der Waals surface area contributed by atoms with E-state index in [4.69, 9.17) is 25.8 Å².